The number of benzene rings is 1. The second kappa shape index (κ2) is 6.94. The molecule has 0 fully saturated rings. The maximum Gasteiger partial charge on any atom is 0.340 e. The first-order valence-electron chi connectivity index (χ1n) is 5.39. The maximum atomic E-state index is 11.8. The number of rotatable bonds is 4. The van der Waals surface area contributed by atoms with Gasteiger partial charge in [0, 0.05) is 5.70 Å². The number of carbonyl (C=O) groups is 2. The molecule has 0 saturated heterocycles. The standard InChI is InChI=1S/C13H10Cl2N2O3/c1-7(17)9(5-16)11(18)6-20-13(19)8-3-2-4-10(14)12(8)15/h2-4H,6,17H2,1H3/b9-7-. The molecule has 0 aliphatic heterocycles. The van der Waals surface area contributed by atoms with Crippen LogP contribution in [0.25, 0.3) is 0 Å². The number of carbonyl (C=O) groups excluding carboxylic acids is 2. The molecule has 5 nitrogen and oxygen atoms in total. The molecule has 1 aromatic rings. The molecule has 0 amide bonds. The minimum absolute atomic E-state index is 0.0395. The number of nitrogens with two attached hydrogens (primary N) is 1. The van der Waals surface area contributed by atoms with E-state index in [0.29, 0.717) is 0 Å². The third-order valence-electron chi connectivity index (χ3n) is 2.29. The molecule has 7 heteroatoms. The summed E-state index contributed by atoms with van der Waals surface area (Å²) < 4.78 is 4.79. The first-order chi connectivity index (χ1) is 9.38. The smallest absolute Gasteiger partial charge is 0.340 e. The van der Waals surface area contributed by atoms with Crippen LogP contribution in [0.2, 0.25) is 10.0 Å². The van der Waals surface area contributed by atoms with E-state index < -0.39 is 18.4 Å². The molecule has 20 heavy (non-hydrogen) atoms. The molecular weight excluding hydrogens is 303 g/mol. The van der Waals surface area contributed by atoms with Gasteiger partial charge in [-0.25, -0.2) is 4.79 Å². The van der Waals surface area contributed by atoms with Gasteiger partial charge in [0.15, 0.2) is 6.61 Å². The van der Waals surface area contributed by atoms with Crippen molar-refractivity contribution >= 4 is 35.0 Å². The predicted octanol–water partition coefficient (Wildman–Crippen LogP) is 2.48. The van der Waals surface area contributed by atoms with Crippen LogP contribution >= 0.6 is 23.2 Å². The number of ketones is 1. The zero-order chi connectivity index (χ0) is 15.3. The Labute approximate surface area is 125 Å². The summed E-state index contributed by atoms with van der Waals surface area (Å²) in [4.78, 5) is 23.4. The van der Waals surface area contributed by atoms with Crippen molar-refractivity contribution in [3.05, 3.63) is 45.1 Å². The van der Waals surface area contributed by atoms with Crippen LogP contribution in [0.3, 0.4) is 0 Å². The van der Waals surface area contributed by atoms with Gasteiger partial charge in [-0.05, 0) is 19.1 Å². The van der Waals surface area contributed by atoms with Gasteiger partial charge in [0.05, 0.1) is 15.6 Å². The molecule has 0 unspecified atom stereocenters. The minimum Gasteiger partial charge on any atom is -0.454 e. The van der Waals surface area contributed by atoms with Crippen LogP contribution in [0.4, 0.5) is 0 Å². The fourth-order valence-electron chi connectivity index (χ4n) is 1.31. The lowest BCUT2D eigenvalue weighted by Crippen LogP contribution is -2.17. The van der Waals surface area contributed by atoms with E-state index in [1.165, 1.54) is 25.1 Å². The molecule has 0 spiro atoms. The SMILES string of the molecule is C/C(N)=C(\C#N)C(=O)COC(=O)c1cccc(Cl)c1Cl. The van der Waals surface area contributed by atoms with E-state index in [4.69, 9.17) is 38.9 Å². The zero-order valence-electron chi connectivity index (χ0n) is 10.4. The Hall–Kier alpha value is -2.03. The van der Waals surface area contributed by atoms with Crippen LogP contribution in [-0.2, 0) is 9.53 Å². The van der Waals surface area contributed by atoms with Gasteiger partial charge in [0.2, 0.25) is 5.78 Å². The maximum absolute atomic E-state index is 11.8. The number of Topliss-reactive ketones (excluding diaryl/α,β-unsaturated/α-hetero) is 1. The van der Waals surface area contributed by atoms with Crippen LogP contribution < -0.4 is 5.73 Å². The molecule has 2 N–H and O–H groups in total. The van der Waals surface area contributed by atoms with E-state index in [0.717, 1.165) is 0 Å². The van der Waals surface area contributed by atoms with E-state index >= 15 is 0 Å². The second-order valence-corrected chi connectivity index (χ2v) is 4.56. The molecule has 0 radical (unpaired) electrons. The highest BCUT2D eigenvalue weighted by Crippen LogP contribution is 2.25. The minimum atomic E-state index is -0.808. The first kappa shape index (κ1) is 16.0. The summed E-state index contributed by atoms with van der Waals surface area (Å²) in [6.45, 7) is 0.811. The highest BCUT2D eigenvalue weighted by atomic mass is 35.5. The molecule has 0 aliphatic carbocycles. The van der Waals surface area contributed by atoms with E-state index in [-0.39, 0.29) is 26.9 Å². The van der Waals surface area contributed by atoms with E-state index in [2.05, 4.69) is 0 Å². The monoisotopic (exact) mass is 312 g/mol. The normalized spacial score (nSPS) is 11.3. The molecule has 0 saturated carbocycles. The Bertz CT molecular complexity index is 629. The number of hydrogen-bond acceptors (Lipinski definition) is 5. The third kappa shape index (κ3) is 3.73. The number of hydrogen-bond donors (Lipinski definition) is 1. The molecule has 1 rings (SSSR count). The van der Waals surface area contributed by atoms with Gasteiger partial charge in [0.1, 0.15) is 11.6 Å². The number of halogens is 2. The molecule has 0 aliphatic rings. The van der Waals surface area contributed by atoms with Crippen LogP contribution in [-0.4, -0.2) is 18.4 Å². The number of nitriles is 1. The van der Waals surface area contributed by atoms with Crippen molar-refractivity contribution in [1.29, 1.82) is 5.26 Å². The van der Waals surface area contributed by atoms with Gasteiger partial charge in [-0.3, -0.25) is 4.79 Å². The summed E-state index contributed by atoms with van der Waals surface area (Å²) in [5.41, 5.74) is 5.23. The van der Waals surface area contributed by atoms with Crippen molar-refractivity contribution in [1.82, 2.24) is 0 Å². The molecule has 0 aromatic heterocycles. The van der Waals surface area contributed by atoms with Gasteiger partial charge in [-0.2, -0.15) is 5.26 Å². The molecule has 104 valence electrons. The molecule has 1 aromatic carbocycles. The highest BCUT2D eigenvalue weighted by Gasteiger charge is 2.18. The van der Waals surface area contributed by atoms with E-state index in [1.807, 2.05) is 0 Å². The molecule has 0 bridgehead atoms. The number of allylic oxidation sites excluding steroid dienone is 1. The van der Waals surface area contributed by atoms with Crippen molar-refractivity contribution in [2.75, 3.05) is 6.61 Å². The lowest BCUT2D eigenvalue weighted by molar-refractivity contribution is -0.118. The van der Waals surface area contributed by atoms with E-state index in [9.17, 15) is 9.59 Å². The lowest BCUT2D eigenvalue weighted by Gasteiger charge is -2.06. The quantitative estimate of drug-likeness (QED) is 0.523. The number of nitrogens with zero attached hydrogens (tertiary/aromatic N) is 1. The van der Waals surface area contributed by atoms with Crippen LogP contribution in [0.5, 0.6) is 0 Å². The number of esters is 1. The fourth-order valence-corrected chi connectivity index (χ4v) is 1.69. The van der Waals surface area contributed by atoms with Crippen molar-refractivity contribution in [2.45, 2.75) is 6.92 Å². The van der Waals surface area contributed by atoms with Gasteiger partial charge < -0.3 is 10.5 Å². The summed E-state index contributed by atoms with van der Waals surface area (Å²) in [6.07, 6.45) is 0. The zero-order valence-corrected chi connectivity index (χ0v) is 12.0. The Balaban J connectivity index is 2.79. The van der Waals surface area contributed by atoms with Gasteiger partial charge in [-0.15, -0.1) is 0 Å². The number of ether oxygens (including phenoxy) is 1. The summed E-state index contributed by atoms with van der Waals surface area (Å²) in [7, 11) is 0. The summed E-state index contributed by atoms with van der Waals surface area (Å²) in [5, 5.41) is 8.98. The Kier molecular flexibility index (Phi) is 5.56. The van der Waals surface area contributed by atoms with Crippen molar-refractivity contribution in [3.63, 3.8) is 0 Å². The highest BCUT2D eigenvalue weighted by molar-refractivity contribution is 6.43. The molecular formula is C13H10Cl2N2O3. The topological polar surface area (TPSA) is 93.2 Å². The third-order valence-corrected chi connectivity index (χ3v) is 3.11. The van der Waals surface area contributed by atoms with Crippen LogP contribution in [0.1, 0.15) is 17.3 Å². The Morgan fingerprint density at radius 1 is 1.40 bits per heavy atom. The van der Waals surface area contributed by atoms with Gasteiger partial charge >= 0.3 is 5.97 Å². The molecule has 0 heterocycles. The average Bonchev–Trinajstić information content (AvgIpc) is 2.39. The summed E-state index contributed by atoms with van der Waals surface area (Å²) >= 11 is 11.6. The summed E-state index contributed by atoms with van der Waals surface area (Å²) in [5.74, 6) is -1.49. The predicted molar refractivity (Wildman–Crippen MR) is 74.3 cm³/mol. The van der Waals surface area contributed by atoms with Crippen LogP contribution in [0.15, 0.2) is 29.5 Å². The molecule has 0 atom stereocenters. The van der Waals surface area contributed by atoms with Crippen molar-refractivity contribution in [2.24, 2.45) is 5.73 Å². The van der Waals surface area contributed by atoms with Crippen molar-refractivity contribution in [3.8, 4) is 6.07 Å². The largest absolute Gasteiger partial charge is 0.454 e. The Morgan fingerprint density at radius 2 is 2.05 bits per heavy atom. The average molecular weight is 313 g/mol. The summed E-state index contributed by atoms with van der Waals surface area (Å²) in [6, 6.07) is 6.10. The lowest BCUT2D eigenvalue weighted by atomic mass is 10.1. The fraction of sp³-hybridized carbons (Fsp3) is 0.154. The van der Waals surface area contributed by atoms with Gasteiger partial charge in [-0.1, -0.05) is 29.3 Å². The van der Waals surface area contributed by atoms with Crippen LogP contribution in [0, 0.1) is 11.3 Å². The Morgan fingerprint density at radius 3 is 2.60 bits per heavy atom. The van der Waals surface area contributed by atoms with E-state index in [1.54, 1.807) is 6.07 Å². The van der Waals surface area contributed by atoms with Crippen molar-refractivity contribution < 1.29 is 14.3 Å². The second-order valence-electron chi connectivity index (χ2n) is 3.77. The first-order valence-corrected chi connectivity index (χ1v) is 6.14. The van der Waals surface area contributed by atoms with Gasteiger partial charge in [0.25, 0.3) is 0 Å².